The fourth-order valence-electron chi connectivity index (χ4n) is 2.89. The van der Waals surface area contributed by atoms with E-state index in [0.717, 1.165) is 13.2 Å². The van der Waals surface area contributed by atoms with Gasteiger partial charge in [0.1, 0.15) is 0 Å². The molecule has 1 saturated carbocycles. The Morgan fingerprint density at radius 3 is 2.31 bits per heavy atom. The average Bonchev–Trinajstić information content (AvgIpc) is 2.99. The van der Waals surface area contributed by atoms with Crippen molar-refractivity contribution in [3.63, 3.8) is 0 Å². The lowest BCUT2D eigenvalue weighted by atomic mass is 9.82. The van der Waals surface area contributed by atoms with Crippen LogP contribution < -0.4 is 5.32 Å². The first-order valence-electron chi connectivity index (χ1n) is 6.97. The van der Waals surface area contributed by atoms with E-state index in [9.17, 15) is 0 Å². The van der Waals surface area contributed by atoms with Gasteiger partial charge < -0.3 is 10.1 Å². The minimum absolute atomic E-state index is 0.487. The van der Waals surface area contributed by atoms with Crippen LogP contribution in [0.3, 0.4) is 0 Å². The van der Waals surface area contributed by atoms with Crippen molar-refractivity contribution < 1.29 is 4.74 Å². The van der Waals surface area contributed by atoms with E-state index >= 15 is 0 Å². The highest BCUT2D eigenvalue weighted by Gasteiger charge is 2.41. The summed E-state index contributed by atoms with van der Waals surface area (Å²) in [6, 6.07) is 0. The number of rotatable bonds is 6. The second-order valence-corrected chi connectivity index (χ2v) is 6.28. The zero-order valence-corrected chi connectivity index (χ0v) is 11.0. The molecule has 0 aromatic carbocycles. The molecule has 1 aliphatic heterocycles. The molecular formula is C14H27NO. The van der Waals surface area contributed by atoms with Gasteiger partial charge in [-0.1, -0.05) is 20.3 Å². The summed E-state index contributed by atoms with van der Waals surface area (Å²) in [5, 5.41) is 3.73. The van der Waals surface area contributed by atoms with E-state index in [2.05, 4.69) is 19.2 Å². The molecule has 1 aliphatic carbocycles. The molecule has 0 unspecified atom stereocenters. The Hall–Kier alpha value is -0.0800. The topological polar surface area (TPSA) is 21.3 Å². The maximum atomic E-state index is 5.44. The lowest BCUT2D eigenvalue weighted by Gasteiger charge is -2.34. The summed E-state index contributed by atoms with van der Waals surface area (Å²) >= 11 is 0. The second-order valence-electron chi connectivity index (χ2n) is 6.28. The molecule has 0 aromatic heterocycles. The first kappa shape index (κ1) is 12.4. The highest BCUT2D eigenvalue weighted by Crippen LogP contribution is 2.49. The molecule has 1 heterocycles. The fraction of sp³-hybridized carbons (Fsp3) is 1.00. The van der Waals surface area contributed by atoms with Crippen molar-refractivity contribution in [3.8, 4) is 0 Å². The maximum Gasteiger partial charge on any atom is 0.0471 e. The normalized spacial score (nSPS) is 26.6. The van der Waals surface area contributed by atoms with Gasteiger partial charge in [0.15, 0.2) is 0 Å². The van der Waals surface area contributed by atoms with E-state index in [1.807, 2.05) is 0 Å². The predicted octanol–water partition coefficient (Wildman–Crippen LogP) is 2.97. The van der Waals surface area contributed by atoms with E-state index in [4.69, 9.17) is 4.74 Å². The number of hydrogen-bond acceptors (Lipinski definition) is 2. The van der Waals surface area contributed by atoms with Gasteiger partial charge >= 0.3 is 0 Å². The minimum Gasteiger partial charge on any atom is -0.381 e. The van der Waals surface area contributed by atoms with Crippen molar-refractivity contribution in [3.05, 3.63) is 0 Å². The molecule has 0 radical (unpaired) electrons. The molecule has 2 rings (SSSR count). The van der Waals surface area contributed by atoms with Gasteiger partial charge in [0.05, 0.1) is 0 Å². The Labute approximate surface area is 100 Å². The lowest BCUT2D eigenvalue weighted by molar-refractivity contribution is 0.0236. The van der Waals surface area contributed by atoms with Crippen molar-refractivity contribution in [1.82, 2.24) is 5.32 Å². The van der Waals surface area contributed by atoms with E-state index in [1.165, 1.54) is 51.6 Å². The SMILES string of the molecule is CCCC1(CNCC2(C)CCOCC2)CC1. The van der Waals surface area contributed by atoms with Crippen LogP contribution in [0.2, 0.25) is 0 Å². The molecule has 0 atom stereocenters. The average molecular weight is 225 g/mol. The van der Waals surface area contributed by atoms with Crippen LogP contribution in [-0.4, -0.2) is 26.3 Å². The largest absolute Gasteiger partial charge is 0.381 e. The van der Waals surface area contributed by atoms with Gasteiger partial charge in [-0.05, 0) is 42.9 Å². The third-order valence-electron chi connectivity index (χ3n) is 4.49. The molecular weight excluding hydrogens is 198 g/mol. The van der Waals surface area contributed by atoms with Gasteiger partial charge in [0.2, 0.25) is 0 Å². The van der Waals surface area contributed by atoms with Crippen molar-refractivity contribution >= 4 is 0 Å². The summed E-state index contributed by atoms with van der Waals surface area (Å²) < 4.78 is 5.44. The zero-order valence-electron chi connectivity index (χ0n) is 11.0. The van der Waals surface area contributed by atoms with Gasteiger partial charge in [-0.3, -0.25) is 0 Å². The van der Waals surface area contributed by atoms with Gasteiger partial charge in [0.25, 0.3) is 0 Å². The van der Waals surface area contributed by atoms with Crippen molar-refractivity contribution in [2.75, 3.05) is 26.3 Å². The monoisotopic (exact) mass is 225 g/mol. The molecule has 2 nitrogen and oxygen atoms in total. The van der Waals surface area contributed by atoms with Gasteiger partial charge in [-0.2, -0.15) is 0 Å². The Kier molecular flexibility index (Phi) is 3.91. The third-order valence-corrected chi connectivity index (χ3v) is 4.49. The van der Waals surface area contributed by atoms with E-state index in [0.29, 0.717) is 10.8 Å². The van der Waals surface area contributed by atoms with Gasteiger partial charge in [-0.15, -0.1) is 0 Å². The van der Waals surface area contributed by atoms with Crippen LogP contribution in [0.15, 0.2) is 0 Å². The zero-order chi connectivity index (χ0) is 11.5. The van der Waals surface area contributed by atoms with Crippen molar-refractivity contribution in [2.24, 2.45) is 10.8 Å². The molecule has 2 aliphatic rings. The van der Waals surface area contributed by atoms with Crippen LogP contribution in [0.1, 0.15) is 52.4 Å². The summed E-state index contributed by atoms with van der Waals surface area (Å²) in [5.41, 5.74) is 1.18. The molecule has 0 spiro atoms. The molecule has 0 bridgehead atoms. The van der Waals surface area contributed by atoms with Crippen LogP contribution in [-0.2, 0) is 4.74 Å². The Balaban J connectivity index is 1.67. The molecule has 1 N–H and O–H groups in total. The molecule has 16 heavy (non-hydrogen) atoms. The Morgan fingerprint density at radius 2 is 1.75 bits per heavy atom. The summed E-state index contributed by atoms with van der Waals surface area (Å²) in [4.78, 5) is 0. The van der Waals surface area contributed by atoms with Gasteiger partial charge in [0, 0.05) is 26.3 Å². The van der Waals surface area contributed by atoms with Crippen LogP contribution in [0.5, 0.6) is 0 Å². The van der Waals surface area contributed by atoms with Crippen LogP contribution >= 0.6 is 0 Å². The highest BCUT2D eigenvalue weighted by atomic mass is 16.5. The first-order chi connectivity index (χ1) is 7.68. The standard InChI is InChI=1S/C14H27NO/c1-3-4-14(5-6-14)12-15-11-13(2)7-9-16-10-8-13/h15H,3-12H2,1-2H3. The fourth-order valence-corrected chi connectivity index (χ4v) is 2.89. The first-order valence-corrected chi connectivity index (χ1v) is 6.97. The Bertz CT molecular complexity index is 217. The maximum absolute atomic E-state index is 5.44. The summed E-state index contributed by atoms with van der Waals surface area (Å²) in [5.74, 6) is 0. The highest BCUT2D eigenvalue weighted by molar-refractivity contribution is 4.95. The van der Waals surface area contributed by atoms with Crippen LogP contribution in [0, 0.1) is 10.8 Å². The van der Waals surface area contributed by atoms with Gasteiger partial charge in [-0.25, -0.2) is 0 Å². The molecule has 94 valence electrons. The summed E-state index contributed by atoms with van der Waals surface area (Å²) in [6.07, 6.45) is 8.11. The van der Waals surface area contributed by atoms with E-state index in [-0.39, 0.29) is 0 Å². The van der Waals surface area contributed by atoms with Crippen molar-refractivity contribution in [1.29, 1.82) is 0 Å². The number of hydrogen-bond donors (Lipinski definition) is 1. The third kappa shape index (κ3) is 3.21. The predicted molar refractivity (Wildman–Crippen MR) is 67.6 cm³/mol. The molecule has 2 heteroatoms. The molecule has 0 aromatic rings. The molecule has 0 amide bonds. The second kappa shape index (κ2) is 5.05. The summed E-state index contributed by atoms with van der Waals surface area (Å²) in [6.45, 7) is 9.05. The van der Waals surface area contributed by atoms with Crippen molar-refractivity contribution in [2.45, 2.75) is 52.4 Å². The van der Waals surface area contributed by atoms with Crippen LogP contribution in [0.25, 0.3) is 0 Å². The smallest absolute Gasteiger partial charge is 0.0471 e. The minimum atomic E-state index is 0.487. The Morgan fingerprint density at radius 1 is 1.06 bits per heavy atom. The lowest BCUT2D eigenvalue weighted by Crippen LogP contribution is -2.38. The van der Waals surface area contributed by atoms with Crippen LogP contribution in [0.4, 0.5) is 0 Å². The molecule has 1 saturated heterocycles. The quantitative estimate of drug-likeness (QED) is 0.750. The summed E-state index contributed by atoms with van der Waals surface area (Å²) in [7, 11) is 0. The number of nitrogens with one attached hydrogen (secondary N) is 1. The van der Waals surface area contributed by atoms with E-state index in [1.54, 1.807) is 0 Å². The number of ether oxygens (including phenoxy) is 1. The van der Waals surface area contributed by atoms with E-state index < -0.39 is 0 Å². The molecule has 2 fully saturated rings.